The van der Waals surface area contributed by atoms with Gasteiger partial charge >= 0.3 is 0 Å². The van der Waals surface area contributed by atoms with Gasteiger partial charge in [-0.05, 0) is 32.4 Å². The van der Waals surface area contributed by atoms with Crippen LogP contribution in [0.5, 0.6) is 0 Å². The van der Waals surface area contributed by atoms with Crippen LogP contribution >= 0.6 is 0 Å². The average Bonchev–Trinajstić information content (AvgIpc) is 2.42. The Hall–Kier alpha value is -1.20. The molecule has 1 fully saturated rings. The number of aryl methyl sites for hydroxylation is 2. The summed E-state index contributed by atoms with van der Waals surface area (Å²) in [5.41, 5.74) is 2.29. The average molecular weight is 264 g/mol. The number of aliphatic hydroxyl groups excluding tert-OH is 1. The van der Waals surface area contributed by atoms with Crippen LogP contribution in [0, 0.1) is 6.92 Å². The number of piperazine rings is 1. The highest BCUT2D eigenvalue weighted by Gasteiger charge is 2.25. The molecule has 1 aromatic heterocycles. The van der Waals surface area contributed by atoms with Gasteiger partial charge in [-0.15, -0.1) is 0 Å². The lowest BCUT2D eigenvalue weighted by Gasteiger charge is -2.39. The fourth-order valence-electron chi connectivity index (χ4n) is 2.57. The van der Waals surface area contributed by atoms with Gasteiger partial charge in [0.1, 0.15) is 0 Å². The molecule has 5 nitrogen and oxygen atoms in total. The fourth-order valence-corrected chi connectivity index (χ4v) is 2.57. The van der Waals surface area contributed by atoms with E-state index in [-0.39, 0.29) is 6.61 Å². The molecule has 0 spiro atoms. The molecule has 1 aliphatic rings. The maximum atomic E-state index is 9.14. The molecule has 1 N–H and O–H groups in total. The van der Waals surface area contributed by atoms with Crippen molar-refractivity contribution in [2.24, 2.45) is 0 Å². The maximum Gasteiger partial charge on any atom is 0.225 e. The van der Waals surface area contributed by atoms with Crippen molar-refractivity contribution in [3.05, 3.63) is 17.5 Å². The van der Waals surface area contributed by atoms with Crippen molar-refractivity contribution < 1.29 is 5.11 Å². The first-order valence-electron chi connectivity index (χ1n) is 7.04. The SMILES string of the molecule is CCc1nc(N2CCN(C)[C@H](CCO)C2)ncc1C. The van der Waals surface area contributed by atoms with Crippen molar-refractivity contribution in [1.29, 1.82) is 0 Å². The van der Waals surface area contributed by atoms with Crippen LogP contribution in [0.15, 0.2) is 6.20 Å². The zero-order chi connectivity index (χ0) is 13.8. The molecular formula is C14H24N4O. The van der Waals surface area contributed by atoms with Crippen molar-refractivity contribution in [3.8, 4) is 0 Å². The summed E-state index contributed by atoms with van der Waals surface area (Å²) < 4.78 is 0. The first kappa shape index (κ1) is 14.2. The highest BCUT2D eigenvalue weighted by atomic mass is 16.3. The third-order valence-corrected chi connectivity index (χ3v) is 3.92. The minimum atomic E-state index is 0.234. The van der Waals surface area contributed by atoms with Crippen LogP contribution in [0.1, 0.15) is 24.6 Å². The van der Waals surface area contributed by atoms with E-state index in [9.17, 15) is 0 Å². The number of nitrogens with zero attached hydrogens (tertiary/aromatic N) is 4. The standard InChI is InChI=1S/C14H24N4O/c1-4-13-11(2)9-15-14(16-13)18-7-6-17(3)12(10-18)5-8-19/h9,12,19H,4-8,10H2,1-3H3/t12-/m1/s1. The van der Waals surface area contributed by atoms with Crippen LogP contribution in [0.2, 0.25) is 0 Å². The van der Waals surface area contributed by atoms with E-state index in [0.29, 0.717) is 6.04 Å². The summed E-state index contributed by atoms with van der Waals surface area (Å²) in [5, 5.41) is 9.14. The van der Waals surface area contributed by atoms with Gasteiger partial charge in [0.05, 0.1) is 0 Å². The Bertz CT molecular complexity index is 424. The Morgan fingerprint density at radius 2 is 2.21 bits per heavy atom. The fraction of sp³-hybridized carbons (Fsp3) is 0.714. The van der Waals surface area contributed by atoms with E-state index in [0.717, 1.165) is 49.7 Å². The van der Waals surface area contributed by atoms with Crippen LogP contribution in [0.4, 0.5) is 5.95 Å². The molecule has 1 atom stereocenters. The van der Waals surface area contributed by atoms with E-state index in [2.05, 4.69) is 40.7 Å². The van der Waals surface area contributed by atoms with Gasteiger partial charge < -0.3 is 10.0 Å². The number of aliphatic hydroxyl groups is 1. The molecule has 5 heteroatoms. The van der Waals surface area contributed by atoms with Gasteiger partial charge in [-0.25, -0.2) is 9.97 Å². The van der Waals surface area contributed by atoms with E-state index < -0.39 is 0 Å². The van der Waals surface area contributed by atoms with Gasteiger partial charge in [0.15, 0.2) is 0 Å². The number of rotatable bonds is 4. The van der Waals surface area contributed by atoms with Crippen LogP contribution in [-0.4, -0.2) is 59.3 Å². The lowest BCUT2D eigenvalue weighted by molar-refractivity contribution is 0.170. The molecule has 2 rings (SSSR count). The maximum absolute atomic E-state index is 9.14. The molecule has 106 valence electrons. The van der Waals surface area contributed by atoms with Crippen LogP contribution in [-0.2, 0) is 6.42 Å². The molecule has 0 amide bonds. The summed E-state index contributed by atoms with van der Waals surface area (Å²) in [6, 6.07) is 0.383. The summed E-state index contributed by atoms with van der Waals surface area (Å²) >= 11 is 0. The van der Waals surface area contributed by atoms with E-state index in [1.807, 2.05) is 6.20 Å². The molecule has 0 bridgehead atoms. The number of hydrogen-bond acceptors (Lipinski definition) is 5. The van der Waals surface area contributed by atoms with Gasteiger partial charge in [0.2, 0.25) is 5.95 Å². The van der Waals surface area contributed by atoms with Crippen molar-refractivity contribution >= 4 is 5.95 Å². The molecule has 1 aromatic rings. The largest absolute Gasteiger partial charge is 0.396 e. The van der Waals surface area contributed by atoms with Gasteiger partial charge in [0, 0.05) is 44.2 Å². The van der Waals surface area contributed by atoms with Gasteiger partial charge in [-0.3, -0.25) is 4.90 Å². The van der Waals surface area contributed by atoms with E-state index in [1.165, 1.54) is 0 Å². The summed E-state index contributed by atoms with van der Waals surface area (Å²) in [4.78, 5) is 13.7. The predicted octanol–water partition coefficient (Wildman–Crippen LogP) is 0.850. The second-order valence-corrected chi connectivity index (χ2v) is 5.25. The topological polar surface area (TPSA) is 52.5 Å². The number of aromatic nitrogens is 2. The third kappa shape index (κ3) is 3.22. The van der Waals surface area contributed by atoms with Gasteiger partial charge in [0.25, 0.3) is 0 Å². The minimum Gasteiger partial charge on any atom is -0.396 e. The molecule has 0 saturated carbocycles. The third-order valence-electron chi connectivity index (χ3n) is 3.92. The Balaban J connectivity index is 2.13. The van der Waals surface area contributed by atoms with Crippen LogP contribution < -0.4 is 4.90 Å². The molecule has 1 saturated heterocycles. The molecule has 0 aliphatic carbocycles. The zero-order valence-corrected chi connectivity index (χ0v) is 12.1. The summed E-state index contributed by atoms with van der Waals surface area (Å²) in [6.07, 6.45) is 3.66. The number of likely N-dealkylation sites (N-methyl/N-ethyl adjacent to an activating group) is 1. The van der Waals surface area contributed by atoms with Crippen LogP contribution in [0.25, 0.3) is 0 Å². The predicted molar refractivity (Wildman–Crippen MR) is 76.5 cm³/mol. The number of hydrogen-bond donors (Lipinski definition) is 1. The lowest BCUT2D eigenvalue weighted by atomic mass is 10.1. The highest BCUT2D eigenvalue weighted by molar-refractivity contribution is 5.34. The summed E-state index contributed by atoms with van der Waals surface area (Å²) in [5.74, 6) is 0.832. The van der Waals surface area contributed by atoms with Crippen molar-refractivity contribution in [2.75, 3.05) is 38.2 Å². The summed E-state index contributed by atoms with van der Waals surface area (Å²) in [6.45, 7) is 7.24. The second kappa shape index (κ2) is 6.30. The van der Waals surface area contributed by atoms with E-state index in [1.54, 1.807) is 0 Å². The minimum absolute atomic E-state index is 0.234. The Kier molecular flexibility index (Phi) is 4.71. The van der Waals surface area contributed by atoms with Gasteiger partial charge in [-0.1, -0.05) is 6.92 Å². The van der Waals surface area contributed by atoms with Crippen molar-refractivity contribution in [1.82, 2.24) is 14.9 Å². The Morgan fingerprint density at radius 1 is 1.42 bits per heavy atom. The van der Waals surface area contributed by atoms with E-state index in [4.69, 9.17) is 5.11 Å². The molecule has 19 heavy (non-hydrogen) atoms. The number of anilines is 1. The Labute approximate surface area is 115 Å². The molecule has 0 radical (unpaired) electrons. The quantitative estimate of drug-likeness (QED) is 0.874. The second-order valence-electron chi connectivity index (χ2n) is 5.25. The lowest BCUT2D eigenvalue weighted by Crippen LogP contribution is -2.52. The molecular weight excluding hydrogens is 240 g/mol. The monoisotopic (exact) mass is 264 g/mol. The highest BCUT2D eigenvalue weighted by Crippen LogP contribution is 2.17. The Morgan fingerprint density at radius 3 is 2.89 bits per heavy atom. The molecule has 0 aromatic carbocycles. The molecule has 2 heterocycles. The first-order valence-corrected chi connectivity index (χ1v) is 7.04. The summed E-state index contributed by atoms with van der Waals surface area (Å²) in [7, 11) is 2.12. The van der Waals surface area contributed by atoms with Crippen LogP contribution in [0.3, 0.4) is 0 Å². The van der Waals surface area contributed by atoms with E-state index >= 15 is 0 Å². The van der Waals surface area contributed by atoms with Crippen molar-refractivity contribution in [2.45, 2.75) is 32.7 Å². The molecule has 1 aliphatic heterocycles. The van der Waals surface area contributed by atoms with Gasteiger partial charge in [-0.2, -0.15) is 0 Å². The normalized spacial score (nSPS) is 20.8. The first-order chi connectivity index (χ1) is 9.15. The van der Waals surface area contributed by atoms with Crippen molar-refractivity contribution in [3.63, 3.8) is 0 Å². The zero-order valence-electron chi connectivity index (χ0n) is 12.1. The smallest absolute Gasteiger partial charge is 0.225 e. The molecule has 0 unspecified atom stereocenters.